The van der Waals surface area contributed by atoms with Gasteiger partial charge >= 0.3 is 0 Å². The minimum Gasteiger partial charge on any atom is -0.496 e. The zero-order chi connectivity index (χ0) is 12.3. The van der Waals surface area contributed by atoms with Gasteiger partial charge in [0.1, 0.15) is 5.75 Å². The van der Waals surface area contributed by atoms with Crippen molar-refractivity contribution < 1.29 is 4.74 Å². The van der Waals surface area contributed by atoms with Crippen LogP contribution in [0.1, 0.15) is 19.4 Å². The van der Waals surface area contributed by atoms with Crippen molar-refractivity contribution in [3.63, 3.8) is 0 Å². The van der Waals surface area contributed by atoms with E-state index in [1.807, 2.05) is 24.3 Å². The fourth-order valence-corrected chi connectivity index (χ4v) is 2.76. The molecule has 92 valence electrons. The number of hydrogen-bond donors (Lipinski definition) is 1. The Morgan fingerprint density at radius 2 is 2.18 bits per heavy atom. The molecule has 0 atom stereocenters. The molecule has 1 aromatic rings. The Hall–Kier alpha value is -1.16. The van der Waals surface area contributed by atoms with Crippen LogP contribution in [0.15, 0.2) is 29.3 Å². The molecule has 0 bridgehead atoms. The summed E-state index contributed by atoms with van der Waals surface area (Å²) in [6, 6.07) is 8.00. The first-order chi connectivity index (χ1) is 8.11. The van der Waals surface area contributed by atoms with Crippen LogP contribution < -0.4 is 10.1 Å². The van der Waals surface area contributed by atoms with Crippen LogP contribution in [0.4, 0.5) is 0 Å². The SMILES string of the molecule is COc1ccccc1CN=C1NC(C)(C)CS1. The van der Waals surface area contributed by atoms with Gasteiger partial charge in [-0.3, -0.25) is 4.99 Å². The number of hydrogen-bond acceptors (Lipinski definition) is 3. The maximum Gasteiger partial charge on any atom is 0.157 e. The summed E-state index contributed by atoms with van der Waals surface area (Å²) in [6.07, 6.45) is 0. The van der Waals surface area contributed by atoms with Gasteiger partial charge in [0, 0.05) is 16.9 Å². The topological polar surface area (TPSA) is 33.6 Å². The smallest absolute Gasteiger partial charge is 0.157 e. The summed E-state index contributed by atoms with van der Waals surface area (Å²) in [4.78, 5) is 4.59. The Balaban J connectivity index is 2.05. The van der Waals surface area contributed by atoms with Gasteiger partial charge in [0.05, 0.1) is 13.7 Å². The quantitative estimate of drug-likeness (QED) is 0.895. The van der Waals surface area contributed by atoms with E-state index in [1.165, 1.54) is 0 Å². The minimum atomic E-state index is 0.157. The second-order valence-electron chi connectivity index (χ2n) is 4.73. The van der Waals surface area contributed by atoms with Crippen LogP contribution in [0.25, 0.3) is 0 Å². The molecule has 0 radical (unpaired) electrons. The number of nitrogens with zero attached hydrogens (tertiary/aromatic N) is 1. The summed E-state index contributed by atoms with van der Waals surface area (Å²) in [5.41, 5.74) is 1.28. The average molecular weight is 250 g/mol. The first-order valence-corrected chi connectivity index (χ1v) is 6.67. The van der Waals surface area contributed by atoms with Gasteiger partial charge in [0.25, 0.3) is 0 Å². The van der Waals surface area contributed by atoms with Gasteiger partial charge in [-0.25, -0.2) is 0 Å². The van der Waals surface area contributed by atoms with Crippen molar-refractivity contribution >= 4 is 16.9 Å². The van der Waals surface area contributed by atoms with E-state index in [0.29, 0.717) is 6.54 Å². The van der Waals surface area contributed by atoms with Crippen LogP contribution >= 0.6 is 11.8 Å². The van der Waals surface area contributed by atoms with Crippen molar-refractivity contribution in [3.8, 4) is 5.75 Å². The van der Waals surface area contributed by atoms with Crippen molar-refractivity contribution in [2.24, 2.45) is 4.99 Å². The lowest BCUT2D eigenvalue weighted by molar-refractivity contribution is 0.410. The molecule has 4 heteroatoms. The summed E-state index contributed by atoms with van der Waals surface area (Å²) < 4.78 is 5.30. The van der Waals surface area contributed by atoms with Gasteiger partial charge in [-0.15, -0.1) is 0 Å². The van der Waals surface area contributed by atoms with Gasteiger partial charge in [-0.05, 0) is 19.9 Å². The third-order valence-corrected chi connectivity index (χ3v) is 3.97. The average Bonchev–Trinajstić information content (AvgIpc) is 2.67. The van der Waals surface area contributed by atoms with E-state index in [0.717, 1.165) is 22.2 Å². The first-order valence-electron chi connectivity index (χ1n) is 5.68. The lowest BCUT2D eigenvalue weighted by atomic mass is 10.1. The van der Waals surface area contributed by atoms with E-state index in [1.54, 1.807) is 18.9 Å². The third-order valence-electron chi connectivity index (χ3n) is 2.60. The largest absolute Gasteiger partial charge is 0.496 e. The predicted octanol–water partition coefficient (Wildman–Crippen LogP) is 2.67. The lowest BCUT2D eigenvalue weighted by Crippen LogP contribution is -2.36. The fourth-order valence-electron chi connectivity index (χ4n) is 1.69. The molecule has 1 heterocycles. The Kier molecular flexibility index (Phi) is 3.62. The van der Waals surface area contributed by atoms with Crippen molar-refractivity contribution in [1.82, 2.24) is 5.32 Å². The number of rotatable bonds is 3. The number of thioether (sulfide) groups is 1. The number of para-hydroxylation sites is 1. The van der Waals surface area contributed by atoms with Gasteiger partial charge in [-0.2, -0.15) is 0 Å². The molecule has 0 spiro atoms. The third kappa shape index (κ3) is 3.16. The van der Waals surface area contributed by atoms with Gasteiger partial charge in [-0.1, -0.05) is 30.0 Å². The second-order valence-corrected chi connectivity index (χ2v) is 5.69. The predicted molar refractivity (Wildman–Crippen MR) is 73.8 cm³/mol. The monoisotopic (exact) mass is 250 g/mol. The molecule has 0 amide bonds. The summed E-state index contributed by atoms with van der Waals surface area (Å²) >= 11 is 1.78. The Labute approximate surface area is 107 Å². The summed E-state index contributed by atoms with van der Waals surface area (Å²) in [6.45, 7) is 5.03. The highest BCUT2D eigenvalue weighted by Gasteiger charge is 2.27. The number of amidine groups is 1. The van der Waals surface area contributed by atoms with Gasteiger partial charge < -0.3 is 10.1 Å². The number of benzene rings is 1. The lowest BCUT2D eigenvalue weighted by Gasteiger charge is -2.15. The molecule has 1 aliphatic rings. The maximum atomic E-state index is 5.30. The Morgan fingerprint density at radius 1 is 1.41 bits per heavy atom. The van der Waals surface area contributed by atoms with Crippen LogP contribution in [0.2, 0.25) is 0 Å². The van der Waals surface area contributed by atoms with Crippen molar-refractivity contribution in [3.05, 3.63) is 29.8 Å². The van der Waals surface area contributed by atoms with Crippen LogP contribution in [-0.4, -0.2) is 23.6 Å². The molecule has 0 aromatic heterocycles. The number of methoxy groups -OCH3 is 1. The van der Waals surface area contributed by atoms with Gasteiger partial charge in [0.2, 0.25) is 0 Å². The Bertz CT molecular complexity index is 429. The van der Waals surface area contributed by atoms with E-state index in [2.05, 4.69) is 24.2 Å². The fraction of sp³-hybridized carbons (Fsp3) is 0.462. The molecule has 0 saturated carbocycles. The standard InChI is InChI=1S/C13H18N2OS/c1-13(2)9-17-12(15-13)14-8-10-6-4-5-7-11(10)16-3/h4-7H,8-9H2,1-3H3,(H,14,15). The highest BCUT2D eigenvalue weighted by atomic mass is 32.2. The maximum absolute atomic E-state index is 5.30. The Morgan fingerprint density at radius 3 is 2.82 bits per heavy atom. The highest BCUT2D eigenvalue weighted by molar-refractivity contribution is 8.14. The van der Waals surface area contributed by atoms with E-state index in [-0.39, 0.29) is 5.54 Å². The van der Waals surface area contributed by atoms with Crippen LogP contribution in [0.3, 0.4) is 0 Å². The summed E-state index contributed by atoms with van der Waals surface area (Å²) in [5.74, 6) is 1.97. The molecule has 0 aliphatic carbocycles. The molecule has 3 nitrogen and oxygen atoms in total. The van der Waals surface area contributed by atoms with Crippen molar-refractivity contribution in [2.45, 2.75) is 25.9 Å². The molecule has 1 fully saturated rings. The molecule has 1 N–H and O–H groups in total. The van der Waals surface area contributed by atoms with E-state index in [4.69, 9.17) is 4.74 Å². The zero-order valence-electron chi connectivity index (χ0n) is 10.5. The van der Waals surface area contributed by atoms with E-state index < -0.39 is 0 Å². The number of nitrogens with one attached hydrogen (secondary N) is 1. The number of aliphatic imine (C=N–C) groups is 1. The minimum absolute atomic E-state index is 0.157. The summed E-state index contributed by atoms with van der Waals surface area (Å²) in [5, 5.41) is 4.44. The van der Waals surface area contributed by atoms with Crippen molar-refractivity contribution in [1.29, 1.82) is 0 Å². The molecular formula is C13H18N2OS. The van der Waals surface area contributed by atoms with Crippen LogP contribution in [0.5, 0.6) is 5.75 Å². The summed E-state index contributed by atoms with van der Waals surface area (Å²) in [7, 11) is 1.69. The first kappa shape index (κ1) is 12.3. The van der Waals surface area contributed by atoms with Crippen LogP contribution in [0, 0.1) is 0 Å². The molecule has 1 saturated heterocycles. The highest BCUT2D eigenvalue weighted by Crippen LogP contribution is 2.24. The molecule has 17 heavy (non-hydrogen) atoms. The normalized spacial score (nSPS) is 20.3. The second kappa shape index (κ2) is 5.00. The van der Waals surface area contributed by atoms with E-state index in [9.17, 15) is 0 Å². The molecule has 2 rings (SSSR count). The number of ether oxygens (including phenoxy) is 1. The van der Waals surface area contributed by atoms with Gasteiger partial charge in [0.15, 0.2) is 5.17 Å². The molecule has 0 unspecified atom stereocenters. The molecule has 1 aliphatic heterocycles. The molecular weight excluding hydrogens is 232 g/mol. The van der Waals surface area contributed by atoms with E-state index >= 15 is 0 Å². The van der Waals surface area contributed by atoms with Crippen molar-refractivity contribution in [2.75, 3.05) is 12.9 Å². The zero-order valence-corrected chi connectivity index (χ0v) is 11.3. The van der Waals surface area contributed by atoms with Crippen LogP contribution in [-0.2, 0) is 6.54 Å². The molecule has 1 aromatic carbocycles.